The van der Waals surface area contributed by atoms with E-state index in [1.54, 1.807) is 7.11 Å². The van der Waals surface area contributed by atoms with Crippen LogP contribution in [-0.4, -0.2) is 49.3 Å². The Morgan fingerprint density at radius 3 is 3.25 bits per heavy atom. The molecule has 1 fully saturated rings. The Labute approximate surface area is 123 Å². The van der Waals surface area contributed by atoms with Crippen molar-refractivity contribution < 1.29 is 14.6 Å². The highest BCUT2D eigenvalue weighted by Gasteiger charge is 2.27. The van der Waals surface area contributed by atoms with Crippen molar-refractivity contribution in [2.75, 3.05) is 33.4 Å². The summed E-state index contributed by atoms with van der Waals surface area (Å²) >= 11 is 1.47. The maximum atomic E-state index is 12.3. The Bertz CT molecular complexity index is 515. The minimum absolute atomic E-state index is 0.0683. The van der Waals surface area contributed by atoms with Crippen molar-refractivity contribution in [3.05, 3.63) is 21.9 Å². The van der Waals surface area contributed by atoms with Crippen molar-refractivity contribution in [1.82, 2.24) is 4.90 Å². The highest BCUT2D eigenvalue weighted by atomic mass is 32.1. The first-order chi connectivity index (χ1) is 9.74. The number of methoxy groups -OCH3 is 1. The van der Waals surface area contributed by atoms with E-state index < -0.39 is 0 Å². The fourth-order valence-corrected chi connectivity index (χ4v) is 3.04. The van der Waals surface area contributed by atoms with Gasteiger partial charge in [-0.15, -0.1) is 11.3 Å². The number of hydrogen-bond acceptors (Lipinski definition) is 4. The lowest BCUT2D eigenvalue weighted by molar-refractivity contribution is 0.0776. The first kappa shape index (κ1) is 15.0. The SMILES string of the molecule is COCC1CCN(C(=O)c2csc(C#CCCO)c2)C1. The highest BCUT2D eigenvalue weighted by Crippen LogP contribution is 2.21. The van der Waals surface area contributed by atoms with Gasteiger partial charge in [0.2, 0.25) is 0 Å². The quantitative estimate of drug-likeness (QED) is 0.858. The molecule has 0 spiro atoms. The molecule has 1 amide bonds. The number of nitrogens with zero attached hydrogens (tertiary/aromatic N) is 1. The van der Waals surface area contributed by atoms with Crippen LogP contribution in [0.4, 0.5) is 0 Å². The van der Waals surface area contributed by atoms with Crippen LogP contribution >= 0.6 is 11.3 Å². The smallest absolute Gasteiger partial charge is 0.254 e. The third-order valence-electron chi connectivity index (χ3n) is 3.27. The van der Waals surface area contributed by atoms with E-state index in [9.17, 15) is 4.79 Å². The Hall–Kier alpha value is -1.35. The molecule has 1 aromatic heterocycles. The number of aliphatic hydroxyl groups excluding tert-OH is 1. The van der Waals surface area contributed by atoms with Gasteiger partial charge in [0.05, 0.1) is 23.7 Å². The molecule has 1 aliphatic rings. The van der Waals surface area contributed by atoms with Gasteiger partial charge in [-0.2, -0.15) is 0 Å². The van der Waals surface area contributed by atoms with Crippen LogP contribution in [0.15, 0.2) is 11.4 Å². The van der Waals surface area contributed by atoms with Crippen molar-refractivity contribution in [1.29, 1.82) is 0 Å². The molecule has 0 radical (unpaired) electrons. The number of carbonyl (C=O) groups is 1. The molecule has 0 bridgehead atoms. The third-order valence-corrected chi connectivity index (χ3v) is 4.12. The Balaban J connectivity index is 1.95. The van der Waals surface area contributed by atoms with E-state index in [2.05, 4.69) is 11.8 Å². The number of rotatable bonds is 4. The van der Waals surface area contributed by atoms with Gasteiger partial charge in [0.15, 0.2) is 0 Å². The van der Waals surface area contributed by atoms with E-state index in [1.165, 1.54) is 11.3 Å². The number of likely N-dealkylation sites (tertiary alicyclic amines) is 1. The van der Waals surface area contributed by atoms with E-state index in [4.69, 9.17) is 9.84 Å². The van der Waals surface area contributed by atoms with Crippen LogP contribution in [0.5, 0.6) is 0 Å². The van der Waals surface area contributed by atoms with Crippen molar-refractivity contribution >= 4 is 17.2 Å². The Morgan fingerprint density at radius 2 is 2.50 bits per heavy atom. The standard InChI is InChI=1S/C15H19NO3S/c1-19-10-12-5-6-16(9-12)15(18)13-8-14(20-11-13)4-2-3-7-17/h8,11-12,17H,3,5-7,9-10H2,1H3. The lowest BCUT2D eigenvalue weighted by atomic mass is 10.1. The van der Waals surface area contributed by atoms with Gasteiger partial charge in [0, 0.05) is 37.9 Å². The van der Waals surface area contributed by atoms with Gasteiger partial charge in [-0.1, -0.05) is 11.8 Å². The van der Waals surface area contributed by atoms with Gasteiger partial charge in [-0.05, 0) is 12.5 Å². The average Bonchev–Trinajstić information content (AvgIpc) is 3.08. The second kappa shape index (κ2) is 7.44. The average molecular weight is 293 g/mol. The number of hydrogen-bond donors (Lipinski definition) is 1. The maximum Gasteiger partial charge on any atom is 0.254 e. The molecule has 20 heavy (non-hydrogen) atoms. The van der Waals surface area contributed by atoms with Crippen LogP contribution < -0.4 is 0 Å². The summed E-state index contributed by atoms with van der Waals surface area (Å²) in [6.07, 6.45) is 1.47. The summed E-state index contributed by atoms with van der Waals surface area (Å²) in [5.74, 6) is 6.35. The van der Waals surface area contributed by atoms with Crippen LogP contribution in [0.1, 0.15) is 28.1 Å². The van der Waals surface area contributed by atoms with Crippen LogP contribution in [0.2, 0.25) is 0 Å². The monoisotopic (exact) mass is 293 g/mol. The third kappa shape index (κ3) is 3.83. The summed E-state index contributed by atoms with van der Waals surface area (Å²) in [6.45, 7) is 2.35. The topological polar surface area (TPSA) is 49.8 Å². The molecular weight excluding hydrogens is 274 g/mol. The second-order valence-electron chi connectivity index (χ2n) is 4.84. The molecule has 5 heteroatoms. The van der Waals surface area contributed by atoms with Gasteiger partial charge in [0.25, 0.3) is 5.91 Å². The van der Waals surface area contributed by atoms with Crippen LogP contribution in [0, 0.1) is 17.8 Å². The minimum Gasteiger partial charge on any atom is -0.395 e. The Morgan fingerprint density at radius 1 is 1.65 bits per heavy atom. The molecule has 1 saturated heterocycles. The summed E-state index contributed by atoms with van der Waals surface area (Å²) in [5, 5.41) is 10.5. The van der Waals surface area contributed by atoms with Crippen LogP contribution in [-0.2, 0) is 4.74 Å². The number of carbonyl (C=O) groups excluding carboxylic acids is 1. The first-order valence-corrected chi connectivity index (χ1v) is 7.59. The van der Waals surface area contributed by atoms with E-state index in [-0.39, 0.29) is 12.5 Å². The molecule has 1 aromatic rings. The summed E-state index contributed by atoms with van der Waals surface area (Å²) in [4.78, 5) is 15.1. The maximum absolute atomic E-state index is 12.3. The zero-order valence-corrected chi connectivity index (χ0v) is 12.4. The molecule has 4 nitrogen and oxygen atoms in total. The largest absolute Gasteiger partial charge is 0.395 e. The molecule has 0 aliphatic carbocycles. The van der Waals surface area contributed by atoms with Crippen molar-refractivity contribution in [2.45, 2.75) is 12.8 Å². The molecule has 0 aromatic carbocycles. The predicted molar refractivity (Wildman–Crippen MR) is 78.8 cm³/mol. The molecule has 1 atom stereocenters. The van der Waals surface area contributed by atoms with Crippen molar-refractivity contribution in [2.24, 2.45) is 5.92 Å². The fraction of sp³-hybridized carbons (Fsp3) is 0.533. The molecule has 0 saturated carbocycles. The van der Waals surface area contributed by atoms with E-state index in [1.807, 2.05) is 16.3 Å². The van der Waals surface area contributed by atoms with Crippen molar-refractivity contribution in [3.63, 3.8) is 0 Å². The lowest BCUT2D eigenvalue weighted by Crippen LogP contribution is -2.28. The van der Waals surface area contributed by atoms with Gasteiger partial charge >= 0.3 is 0 Å². The first-order valence-electron chi connectivity index (χ1n) is 6.71. The molecule has 108 valence electrons. The number of amides is 1. The van der Waals surface area contributed by atoms with Crippen molar-refractivity contribution in [3.8, 4) is 11.8 Å². The zero-order valence-electron chi connectivity index (χ0n) is 11.6. The summed E-state index contributed by atoms with van der Waals surface area (Å²) in [5.41, 5.74) is 0.710. The van der Waals surface area contributed by atoms with E-state index in [0.29, 0.717) is 24.5 Å². The molecule has 1 unspecified atom stereocenters. The lowest BCUT2D eigenvalue weighted by Gasteiger charge is -2.15. The normalized spacial score (nSPS) is 17.9. The van der Waals surface area contributed by atoms with Crippen LogP contribution in [0.25, 0.3) is 0 Å². The second-order valence-corrected chi connectivity index (χ2v) is 5.75. The highest BCUT2D eigenvalue weighted by molar-refractivity contribution is 7.10. The molecule has 2 rings (SSSR count). The molecule has 1 aliphatic heterocycles. The summed E-state index contributed by atoms with van der Waals surface area (Å²) < 4.78 is 5.14. The van der Waals surface area contributed by atoms with E-state index in [0.717, 1.165) is 24.4 Å². The molecule has 2 heterocycles. The molecular formula is C15H19NO3S. The van der Waals surface area contributed by atoms with Gasteiger partial charge < -0.3 is 14.7 Å². The fourth-order valence-electron chi connectivity index (χ4n) is 2.29. The van der Waals surface area contributed by atoms with Gasteiger partial charge in [-0.3, -0.25) is 4.79 Å². The minimum atomic E-state index is 0.0683. The number of aliphatic hydroxyl groups is 1. The molecule has 1 N–H and O–H groups in total. The summed E-state index contributed by atoms with van der Waals surface area (Å²) in [6, 6.07) is 1.83. The Kier molecular flexibility index (Phi) is 5.60. The predicted octanol–water partition coefficient (Wildman–Crippen LogP) is 1.59. The van der Waals surface area contributed by atoms with Crippen LogP contribution in [0.3, 0.4) is 0 Å². The number of thiophene rings is 1. The summed E-state index contributed by atoms with van der Waals surface area (Å²) in [7, 11) is 1.70. The van der Waals surface area contributed by atoms with E-state index >= 15 is 0 Å². The van der Waals surface area contributed by atoms with Gasteiger partial charge in [0.1, 0.15) is 0 Å². The van der Waals surface area contributed by atoms with Gasteiger partial charge in [-0.25, -0.2) is 0 Å². The number of ether oxygens (including phenoxy) is 1. The zero-order chi connectivity index (χ0) is 14.4.